The third kappa shape index (κ3) is 9.50. The molecule has 1 atom stereocenters. The van der Waals surface area contributed by atoms with E-state index in [1.807, 2.05) is 6.07 Å². The number of halogens is 3. The molecule has 0 amide bonds. The Kier molecular flexibility index (Phi) is 6.29. The average molecular weight is 224 g/mol. The lowest BCUT2D eigenvalue weighted by Gasteiger charge is -2.17. The van der Waals surface area contributed by atoms with Gasteiger partial charge in [-0.1, -0.05) is 0 Å². The molecule has 0 fully saturated rings. The van der Waals surface area contributed by atoms with Crippen LogP contribution in [0.3, 0.4) is 0 Å². The molecular weight excluding hydrogens is 209 g/mol. The van der Waals surface area contributed by atoms with Crippen molar-refractivity contribution in [2.75, 3.05) is 33.4 Å². The molecule has 0 saturated heterocycles. The van der Waals surface area contributed by atoms with E-state index in [-0.39, 0.29) is 12.5 Å². The van der Waals surface area contributed by atoms with Gasteiger partial charge in [0.25, 0.3) is 0 Å². The molecule has 0 saturated carbocycles. The van der Waals surface area contributed by atoms with Crippen LogP contribution in [0.5, 0.6) is 0 Å². The van der Waals surface area contributed by atoms with Gasteiger partial charge in [-0.05, 0) is 14.0 Å². The molecule has 0 heterocycles. The van der Waals surface area contributed by atoms with E-state index in [2.05, 4.69) is 4.74 Å². The summed E-state index contributed by atoms with van der Waals surface area (Å²) in [5.41, 5.74) is 0. The van der Waals surface area contributed by atoms with Crippen molar-refractivity contribution in [3.63, 3.8) is 0 Å². The third-order valence-electron chi connectivity index (χ3n) is 1.69. The van der Waals surface area contributed by atoms with Crippen LogP contribution >= 0.6 is 0 Å². The average Bonchev–Trinajstić information content (AvgIpc) is 2.11. The van der Waals surface area contributed by atoms with Gasteiger partial charge in [-0.2, -0.15) is 18.4 Å². The monoisotopic (exact) mass is 224 g/mol. The largest absolute Gasteiger partial charge is 0.411 e. The third-order valence-corrected chi connectivity index (χ3v) is 1.69. The molecule has 15 heavy (non-hydrogen) atoms. The van der Waals surface area contributed by atoms with Crippen LogP contribution in [-0.4, -0.2) is 44.4 Å². The van der Waals surface area contributed by atoms with E-state index in [1.165, 1.54) is 0 Å². The van der Waals surface area contributed by atoms with Gasteiger partial charge in [0, 0.05) is 13.1 Å². The fraction of sp³-hybridized carbons (Fsp3) is 0.889. The summed E-state index contributed by atoms with van der Waals surface area (Å²) in [6.07, 6.45) is -4.27. The van der Waals surface area contributed by atoms with Crippen molar-refractivity contribution in [3.8, 4) is 6.07 Å². The summed E-state index contributed by atoms with van der Waals surface area (Å²) in [5.74, 6) is -0.127. The Morgan fingerprint density at radius 3 is 2.53 bits per heavy atom. The van der Waals surface area contributed by atoms with Crippen LogP contribution in [0.1, 0.15) is 6.92 Å². The molecule has 0 aliphatic carbocycles. The van der Waals surface area contributed by atoms with Crippen molar-refractivity contribution in [3.05, 3.63) is 0 Å². The number of nitrogens with zero attached hydrogens (tertiary/aromatic N) is 2. The number of rotatable bonds is 6. The molecule has 0 aliphatic heterocycles. The number of alkyl halides is 3. The molecule has 0 aromatic rings. The van der Waals surface area contributed by atoms with Gasteiger partial charge < -0.3 is 9.64 Å². The van der Waals surface area contributed by atoms with E-state index in [0.29, 0.717) is 13.1 Å². The Balaban J connectivity index is 3.48. The fourth-order valence-electron chi connectivity index (χ4n) is 1.01. The van der Waals surface area contributed by atoms with Gasteiger partial charge in [0.1, 0.15) is 6.61 Å². The molecule has 0 radical (unpaired) electrons. The first-order chi connectivity index (χ1) is 6.85. The van der Waals surface area contributed by atoms with Crippen molar-refractivity contribution in [1.82, 2.24) is 4.90 Å². The van der Waals surface area contributed by atoms with Crippen molar-refractivity contribution in [2.45, 2.75) is 13.1 Å². The van der Waals surface area contributed by atoms with Crippen LogP contribution < -0.4 is 0 Å². The minimum absolute atomic E-state index is 0.0220. The molecular formula is C9H15F3N2O. The molecule has 0 rings (SSSR count). The van der Waals surface area contributed by atoms with E-state index in [9.17, 15) is 13.2 Å². The molecule has 6 heteroatoms. The Hall–Kier alpha value is -0.800. The highest BCUT2D eigenvalue weighted by Gasteiger charge is 2.27. The molecule has 88 valence electrons. The Bertz CT molecular complexity index is 212. The topological polar surface area (TPSA) is 36.3 Å². The van der Waals surface area contributed by atoms with Gasteiger partial charge in [0.2, 0.25) is 0 Å². The van der Waals surface area contributed by atoms with Crippen LogP contribution in [-0.2, 0) is 4.74 Å². The Morgan fingerprint density at radius 1 is 1.47 bits per heavy atom. The van der Waals surface area contributed by atoms with Gasteiger partial charge in [0.05, 0.1) is 18.6 Å². The standard InChI is InChI=1S/C9H15F3N2O/c1-8(5-13)6-14(2)3-4-15-7-9(10,11)12/h8H,3-4,6-7H2,1-2H3. The van der Waals surface area contributed by atoms with E-state index in [1.54, 1.807) is 18.9 Å². The summed E-state index contributed by atoms with van der Waals surface area (Å²) in [5, 5.41) is 8.51. The lowest BCUT2D eigenvalue weighted by molar-refractivity contribution is -0.174. The molecule has 0 aromatic carbocycles. The maximum absolute atomic E-state index is 11.7. The molecule has 0 aliphatic rings. The first-order valence-electron chi connectivity index (χ1n) is 4.58. The van der Waals surface area contributed by atoms with Crippen molar-refractivity contribution in [1.29, 1.82) is 5.26 Å². The van der Waals surface area contributed by atoms with Gasteiger partial charge in [0.15, 0.2) is 0 Å². The molecule has 0 bridgehead atoms. The number of nitriles is 1. The van der Waals surface area contributed by atoms with E-state index in [0.717, 1.165) is 0 Å². The molecule has 0 N–H and O–H groups in total. The first-order valence-corrected chi connectivity index (χ1v) is 4.58. The van der Waals surface area contributed by atoms with Crippen LogP contribution in [0.4, 0.5) is 13.2 Å². The molecule has 0 spiro atoms. The zero-order valence-electron chi connectivity index (χ0n) is 8.84. The predicted molar refractivity (Wildman–Crippen MR) is 49.1 cm³/mol. The first kappa shape index (κ1) is 14.2. The zero-order chi connectivity index (χ0) is 11.9. The minimum atomic E-state index is -4.27. The molecule has 3 nitrogen and oxygen atoms in total. The van der Waals surface area contributed by atoms with Crippen LogP contribution in [0.2, 0.25) is 0 Å². The van der Waals surface area contributed by atoms with E-state index >= 15 is 0 Å². The number of likely N-dealkylation sites (N-methyl/N-ethyl adjacent to an activating group) is 1. The van der Waals surface area contributed by atoms with Crippen molar-refractivity contribution >= 4 is 0 Å². The summed E-state index contributed by atoms with van der Waals surface area (Å²) in [6.45, 7) is 1.49. The lowest BCUT2D eigenvalue weighted by Crippen LogP contribution is -2.29. The quantitative estimate of drug-likeness (QED) is 0.644. The summed E-state index contributed by atoms with van der Waals surface area (Å²) in [4.78, 5) is 1.77. The normalized spacial score (nSPS) is 13.9. The summed E-state index contributed by atoms with van der Waals surface area (Å²) in [7, 11) is 1.74. The number of hydrogen-bond donors (Lipinski definition) is 0. The number of hydrogen-bond acceptors (Lipinski definition) is 3. The van der Waals surface area contributed by atoms with Gasteiger partial charge in [-0.15, -0.1) is 0 Å². The van der Waals surface area contributed by atoms with Crippen molar-refractivity contribution < 1.29 is 17.9 Å². The molecule has 0 aromatic heterocycles. The van der Waals surface area contributed by atoms with Crippen LogP contribution in [0.15, 0.2) is 0 Å². The SMILES string of the molecule is CC(C#N)CN(C)CCOCC(F)(F)F. The highest BCUT2D eigenvalue weighted by atomic mass is 19.4. The lowest BCUT2D eigenvalue weighted by atomic mass is 10.2. The second-order valence-corrected chi connectivity index (χ2v) is 3.46. The Morgan fingerprint density at radius 2 is 2.07 bits per heavy atom. The summed E-state index contributed by atoms with van der Waals surface area (Å²) >= 11 is 0. The second-order valence-electron chi connectivity index (χ2n) is 3.46. The van der Waals surface area contributed by atoms with Gasteiger partial charge >= 0.3 is 6.18 Å². The predicted octanol–water partition coefficient (Wildman–Crippen LogP) is 1.66. The van der Waals surface area contributed by atoms with Gasteiger partial charge in [-0.3, -0.25) is 0 Å². The fourth-order valence-corrected chi connectivity index (χ4v) is 1.01. The summed E-state index contributed by atoms with van der Waals surface area (Å²) in [6, 6.07) is 2.05. The zero-order valence-corrected chi connectivity index (χ0v) is 8.84. The summed E-state index contributed by atoms with van der Waals surface area (Å²) < 4.78 is 39.4. The Labute approximate surface area is 87.4 Å². The van der Waals surface area contributed by atoms with E-state index in [4.69, 9.17) is 5.26 Å². The highest BCUT2D eigenvalue weighted by Crippen LogP contribution is 2.14. The maximum Gasteiger partial charge on any atom is 0.411 e. The van der Waals surface area contributed by atoms with Crippen molar-refractivity contribution in [2.24, 2.45) is 5.92 Å². The van der Waals surface area contributed by atoms with Crippen LogP contribution in [0, 0.1) is 17.2 Å². The molecule has 1 unspecified atom stereocenters. The van der Waals surface area contributed by atoms with Crippen LogP contribution in [0.25, 0.3) is 0 Å². The second kappa shape index (κ2) is 6.64. The maximum atomic E-state index is 11.7. The smallest absolute Gasteiger partial charge is 0.371 e. The minimum Gasteiger partial charge on any atom is -0.371 e. The van der Waals surface area contributed by atoms with E-state index < -0.39 is 12.8 Å². The van der Waals surface area contributed by atoms with Gasteiger partial charge in [-0.25, -0.2) is 0 Å². The number of ether oxygens (including phenoxy) is 1. The highest BCUT2D eigenvalue weighted by molar-refractivity contribution is 4.80.